The minimum Gasteiger partial charge on any atom is -0.478 e. The molecule has 0 fully saturated rings. The Bertz CT molecular complexity index is 1250. The zero-order valence-electron chi connectivity index (χ0n) is 19.6. The zero-order valence-corrected chi connectivity index (χ0v) is 21.2. The van der Waals surface area contributed by atoms with Crippen LogP contribution in [0.4, 0.5) is 0 Å². The van der Waals surface area contributed by atoms with Crippen molar-refractivity contribution < 1.29 is 14.3 Å². The topological polar surface area (TPSA) is 40.5 Å². The van der Waals surface area contributed by atoms with Crippen LogP contribution in [0.5, 0.6) is 5.75 Å². The van der Waals surface area contributed by atoms with Crippen molar-refractivity contribution in [2.45, 2.75) is 33.3 Å². The summed E-state index contributed by atoms with van der Waals surface area (Å²) in [6.07, 6.45) is -0.254. The number of nitrogens with zero attached hydrogens (tertiary/aromatic N) is 1. The third kappa shape index (κ3) is 5.42. The van der Waals surface area contributed by atoms with Crippen LogP contribution in [-0.4, -0.2) is 23.2 Å². The Kier molecular flexibility index (Phi) is 7.53. The quantitative estimate of drug-likeness (QED) is 0.234. The maximum Gasteiger partial charge on any atom is 0.347 e. The molecule has 0 amide bonds. The maximum atomic E-state index is 12.6. The molecule has 34 heavy (non-hydrogen) atoms. The van der Waals surface area contributed by atoms with E-state index in [1.807, 2.05) is 66.7 Å². The highest BCUT2D eigenvalue weighted by molar-refractivity contribution is 9.10. The van der Waals surface area contributed by atoms with E-state index in [9.17, 15) is 4.79 Å². The van der Waals surface area contributed by atoms with Crippen LogP contribution in [-0.2, 0) is 16.0 Å². The van der Waals surface area contributed by atoms with Crippen LogP contribution in [0.25, 0.3) is 16.9 Å². The van der Waals surface area contributed by atoms with Gasteiger partial charge < -0.3 is 14.0 Å². The van der Waals surface area contributed by atoms with Gasteiger partial charge >= 0.3 is 5.97 Å². The molecule has 5 heteroatoms. The highest BCUT2D eigenvalue weighted by Crippen LogP contribution is 2.31. The molecule has 0 bridgehead atoms. The molecule has 4 rings (SSSR count). The molecule has 174 valence electrons. The normalized spacial score (nSPS) is 11.8. The average molecular weight is 518 g/mol. The Morgan fingerprint density at radius 3 is 2.26 bits per heavy atom. The van der Waals surface area contributed by atoms with Crippen LogP contribution in [0.1, 0.15) is 23.7 Å². The summed E-state index contributed by atoms with van der Waals surface area (Å²) >= 11 is 3.52. The molecule has 0 saturated carbocycles. The first-order chi connectivity index (χ1) is 16.5. The average Bonchev–Trinajstić information content (AvgIpc) is 3.14. The van der Waals surface area contributed by atoms with Gasteiger partial charge in [0.2, 0.25) is 0 Å². The van der Waals surface area contributed by atoms with Crippen molar-refractivity contribution in [3.8, 4) is 22.7 Å². The van der Waals surface area contributed by atoms with Gasteiger partial charge in [-0.05, 0) is 92.1 Å². The second kappa shape index (κ2) is 10.7. The predicted molar refractivity (Wildman–Crippen MR) is 140 cm³/mol. The number of aromatic nitrogens is 1. The monoisotopic (exact) mass is 517 g/mol. The Labute approximate surface area is 209 Å². The lowest BCUT2D eigenvalue weighted by atomic mass is 10.1. The summed E-state index contributed by atoms with van der Waals surface area (Å²) in [4.78, 5) is 12.6. The van der Waals surface area contributed by atoms with E-state index in [4.69, 9.17) is 9.47 Å². The molecular weight excluding hydrogens is 490 g/mol. The molecule has 4 aromatic rings. The van der Waals surface area contributed by atoms with E-state index < -0.39 is 6.10 Å². The second-order valence-electron chi connectivity index (χ2n) is 8.18. The molecule has 0 N–H and O–H groups in total. The maximum absolute atomic E-state index is 12.6. The van der Waals surface area contributed by atoms with Crippen molar-refractivity contribution in [3.05, 3.63) is 106 Å². The van der Waals surface area contributed by atoms with Gasteiger partial charge in [0.05, 0.1) is 12.3 Å². The van der Waals surface area contributed by atoms with Crippen molar-refractivity contribution >= 4 is 21.9 Å². The Hall–Kier alpha value is -3.31. The predicted octanol–water partition coefficient (Wildman–Crippen LogP) is 7.08. The largest absolute Gasteiger partial charge is 0.478 e. The number of rotatable bonds is 8. The standard InChI is InChI=1S/C29H28BrNO3/c1-4-33-29(32)28(19-22-8-6-5-7-9-22)34-26-16-10-23(11-17-26)27-18-20(2)21(3)31(27)25-14-12-24(30)13-15-25/h5-18,28H,4,19H2,1-3H3/t28-/m1/s1. The fraction of sp³-hybridized carbons (Fsp3) is 0.207. The number of halogens is 1. The molecule has 0 unspecified atom stereocenters. The first-order valence-electron chi connectivity index (χ1n) is 11.4. The Balaban J connectivity index is 1.60. The lowest BCUT2D eigenvalue weighted by Gasteiger charge is -2.18. The second-order valence-corrected chi connectivity index (χ2v) is 9.10. The number of hydrogen-bond acceptors (Lipinski definition) is 3. The highest BCUT2D eigenvalue weighted by atomic mass is 79.9. The fourth-order valence-electron chi connectivity index (χ4n) is 3.97. The van der Waals surface area contributed by atoms with Crippen LogP contribution in [0.15, 0.2) is 89.4 Å². The number of esters is 1. The molecule has 0 spiro atoms. The summed E-state index contributed by atoms with van der Waals surface area (Å²) in [6.45, 7) is 6.38. The van der Waals surface area contributed by atoms with Gasteiger partial charge in [0, 0.05) is 22.3 Å². The molecule has 0 aliphatic carbocycles. The van der Waals surface area contributed by atoms with Gasteiger partial charge in [0.1, 0.15) is 5.75 Å². The van der Waals surface area contributed by atoms with Crippen molar-refractivity contribution in [2.24, 2.45) is 0 Å². The third-order valence-electron chi connectivity index (χ3n) is 5.83. The summed E-state index contributed by atoms with van der Waals surface area (Å²) in [5, 5.41) is 0. The van der Waals surface area contributed by atoms with Gasteiger partial charge in [0.25, 0.3) is 0 Å². The molecule has 1 atom stereocenters. The van der Waals surface area contributed by atoms with Gasteiger partial charge in [-0.2, -0.15) is 0 Å². The number of carbonyl (C=O) groups excluding carboxylic acids is 1. The van der Waals surface area contributed by atoms with Crippen molar-refractivity contribution in [2.75, 3.05) is 6.61 Å². The highest BCUT2D eigenvalue weighted by Gasteiger charge is 2.22. The van der Waals surface area contributed by atoms with E-state index in [1.165, 1.54) is 11.3 Å². The van der Waals surface area contributed by atoms with E-state index in [-0.39, 0.29) is 5.97 Å². The van der Waals surface area contributed by atoms with Gasteiger partial charge in [0.15, 0.2) is 6.10 Å². The summed E-state index contributed by atoms with van der Waals surface area (Å²) in [5.74, 6) is 0.277. The minimum atomic E-state index is -0.704. The van der Waals surface area contributed by atoms with E-state index in [2.05, 4.69) is 52.5 Å². The molecule has 0 saturated heterocycles. The summed E-state index contributed by atoms with van der Waals surface area (Å²) in [7, 11) is 0. The first kappa shape index (κ1) is 23.8. The zero-order chi connectivity index (χ0) is 24.1. The van der Waals surface area contributed by atoms with Gasteiger partial charge in [-0.1, -0.05) is 46.3 Å². The number of ether oxygens (including phenoxy) is 2. The van der Waals surface area contributed by atoms with Crippen molar-refractivity contribution in [3.63, 3.8) is 0 Å². The van der Waals surface area contributed by atoms with Crippen LogP contribution in [0, 0.1) is 13.8 Å². The lowest BCUT2D eigenvalue weighted by molar-refractivity contribution is -0.151. The van der Waals surface area contributed by atoms with E-state index in [0.717, 1.165) is 27.0 Å². The lowest BCUT2D eigenvalue weighted by Crippen LogP contribution is -2.31. The number of carbonyl (C=O) groups is 1. The minimum absolute atomic E-state index is 0.318. The molecule has 0 aliphatic heterocycles. The summed E-state index contributed by atoms with van der Waals surface area (Å²) in [5.41, 5.74) is 6.73. The molecular formula is C29H28BrNO3. The number of benzene rings is 3. The third-order valence-corrected chi connectivity index (χ3v) is 6.36. The number of aryl methyl sites for hydroxylation is 1. The van der Waals surface area contributed by atoms with Gasteiger partial charge in [-0.15, -0.1) is 0 Å². The molecule has 4 nitrogen and oxygen atoms in total. The smallest absolute Gasteiger partial charge is 0.347 e. The van der Waals surface area contributed by atoms with Gasteiger partial charge in [-0.3, -0.25) is 0 Å². The van der Waals surface area contributed by atoms with E-state index in [1.54, 1.807) is 6.92 Å². The van der Waals surface area contributed by atoms with Crippen molar-refractivity contribution in [1.82, 2.24) is 4.57 Å². The van der Waals surface area contributed by atoms with Crippen LogP contribution in [0.3, 0.4) is 0 Å². The Morgan fingerprint density at radius 2 is 1.62 bits per heavy atom. The van der Waals surface area contributed by atoms with E-state index in [0.29, 0.717) is 18.8 Å². The van der Waals surface area contributed by atoms with E-state index >= 15 is 0 Å². The molecule has 3 aromatic carbocycles. The number of hydrogen-bond donors (Lipinski definition) is 0. The summed E-state index contributed by atoms with van der Waals surface area (Å²) in [6, 6.07) is 28.2. The molecule has 0 radical (unpaired) electrons. The van der Waals surface area contributed by atoms with Crippen LogP contribution in [0.2, 0.25) is 0 Å². The molecule has 1 heterocycles. The van der Waals surface area contributed by atoms with Gasteiger partial charge in [-0.25, -0.2) is 4.79 Å². The molecule has 1 aromatic heterocycles. The fourth-order valence-corrected chi connectivity index (χ4v) is 4.24. The molecule has 0 aliphatic rings. The van der Waals surface area contributed by atoms with Crippen LogP contribution >= 0.6 is 15.9 Å². The first-order valence-corrected chi connectivity index (χ1v) is 12.2. The van der Waals surface area contributed by atoms with Crippen molar-refractivity contribution in [1.29, 1.82) is 0 Å². The summed E-state index contributed by atoms with van der Waals surface area (Å²) < 4.78 is 14.7. The van der Waals surface area contributed by atoms with Crippen LogP contribution < -0.4 is 4.74 Å². The SMILES string of the molecule is CCOC(=O)[C@@H](Cc1ccccc1)Oc1ccc(-c2cc(C)c(C)n2-c2ccc(Br)cc2)cc1. The Morgan fingerprint density at radius 1 is 0.941 bits per heavy atom.